The monoisotopic (exact) mass is 277 g/mol. The molecule has 2 saturated heterocycles. The second-order valence-electron chi connectivity index (χ2n) is 6.13. The van der Waals surface area contributed by atoms with E-state index < -0.39 is 0 Å². The van der Waals surface area contributed by atoms with Gasteiger partial charge in [0.25, 0.3) is 0 Å². The van der Waals surface area contributed by atoms with Crippen molar-refractivity contribution in [1.82, 2.24) is 4.90 Å². The summed E-state index contributed by atoms with van der Waals surface area (Å²) in [6.45, 7) is 6.03. The molecule has 0 aromatic heterocycles. The van der Waals surface area contributed by atoms with Gasteiger partial charge in [-0.25, -0.2) is 4.39 Å². The van der Waals surface area contributed by atoms with E-state index in [1.807, 2.05) is 19.1 Å². The third-order valence-corrected chi connectivity index (χ3v) is 4.68. The number of halogens is 1. The molecule has 2 N–H and O–H groups in total. The number of rotatable bonds is 2. The molecule has 2 fully saturated rings. The van der Waals surface area contributed by atoms with E-state index in [9.17, 15) is 4.39 Å². The van der Waals surface area contributed by atoms with E-state index in [1.165, 1.54) is 25.8 Å². The summed E-state index contributed by atoms with van der Waals surface area (Å²) in [6, 6.07) is 5.93. The van der Waals surface area contributed by atoms with Gasteiger partial charge in [-0.15, -0.1) is 0 Å². The van der Waals surface area contributed by atoms with Crippen LogP contribution in [0.4, 0.5) is 10.1 Å². The van der Waals surface area contributed by atoms with Gasteiger partial charge in [0.1, 0.15) is 5.82 Å². The summed E-state index contributed by atoms with van der Waals surface area (Å²) >= 11 is 0. The van der Waals surface area contributed by atoms with Gasteiger partial charge in [0.05, 0.1) is 5.69 Å². The molecular formula is C16H24FN3. The van der Waals surface area contributed by atoms with Crippen molar-refractivity contribution in [2.24, 2.45) is 5.73 Å². The molecule has 2 heterocycles. The van der Waals surface area contributed by atoms with Crippen LogP contribution in [-0.4, -0.2) is 37.1 Å². The fourth-order valence-electron chi connectivity index (χ4n) is 3.44. The van der Waals surface area contributed by atoms with E-state index >= 15 is 0 Å². The fraction of sp³-hybridized carbons (Fsp3) is 0.625. The Kier molecular flexibility index (Phi) is 3.94. The topological polar surface area (TPSA) is 32.5 Å². The molecule has 3 nitrogen and oxygen atoms in total. The standard InChI is InChI=1S/C16H24FN3/c1-12(18)13-5-6-16(15(17)10-13)20-9-8-19-7-3-2-4-14(19)11-20/h5-6,10,12,14H,2-4,7-9,11,18H2,1H3/t12-,14?/m1/s1. The molecule has 1 aromatic carbocycles. The normalized spacial score (nSPS) is 25.4. The van der Waals surface area contributed by atoms with E-state index in [0.717, 1.165) is 30.9 Å². The van der Waals surface area contributed by atoms with Gasteiger partial charge < -0.3 is 10.6 Å². The van der Waals surface area contributed by atoms with Crippen LogP contribution >= 0.6 is 0 Å². The van der Waals surface area contributed by atoms with Gasteiger partial charge in [-0.05, 0) is 44.0 Å². The first-order valence-electron chi connectivity index (χ1n) is 7.69. The molecule has 0 radical (unpaired) electrons. The lowest BCUT2D eigenvalue weighted by atomic mass is 9.99. The lowest BCUT2D eigenvalue weighted by Crippen LogP contribution is -2.55. The highest BCUT2D eigenvalue weighted by molar-refractivity contribution is 5.50. The minimum atomic E-state index is -0.135. The molecule has 2 aliphatic heterocycles. The summed E-state index contributed by atoms with van der Waals surface area (Å²) in [4.78, 5) is 4.76. The number of fused-ring (bicyclic) bond motifs is 1. The lowest BCUT2D eigenvalue weighted by molar-refractivity contribution is 0.133. The van der Waals surface area contributed by atoms with Crippen LogP contribution in [-0.2, 0) is 0 Å². The van der Waals surface area contributed by atoms with Crippen molar-refractivity contribution in [2.75, 3.05) is 31.1 Å². The van der Waals surface area contributed by atoms with Crippen molar-refractivity contribution in [3.63, 3.8) is 0 Å². The van der Waals surface area contributed by atoms with Crippen molar-refractivity contribution in [2.45, 2.75) is 38.3 Å². The van der Waals surface area contributed by atoms with Crippen molar-refractivity contribution >= 4 is 5.69 Å². The summed E-state index contributed by atoms with van der Waals surface area (Å²) in [5, 5.41) is 0. The number of nitrogens with two attached hydrogens (primary N) is 1. The van der Waals surface area contributed by atoms with Gasteiger partial charge in [0.2, 0.25) is 0 Å². The third kappa shape index (κ3) is 2.67. The summed E-state index contributed by atoms with van der Waals surface area (Å²) in [6.07, 6.45) is 3.87. The molecule has 0 spiro atoms. The van der Waals surface area contributed by atoms with Crippen LogP contribution in [0.15, 0.2) is 18.2 Å². The molecule has 0 bridgehead atoms. The molecule has 3 rings (SSSR count). The van der Waals surface area contributed by atoms with Crippen LogP contribution in [0.1, 0.15) is 37.8 Å². The molecule has 110 valence electrons. The highest BCUT2D eigenvalue weighted by Gasteiger charge is 2.29. The zero-order chi connectivity index (χ0) is 14.1. The highest BCUT2D eigenvalue weighted by Crippen LogP contribution is 2.28. The Bertz CT molecular complexity index is 475. The average molecular weight is 277 g/mol. The Morgan fingerprint density at radius 3 is 2.85 bits per heavy atom. The molecule has 0 aliphatic carbocycles. The molecule has 4 heteroatoms. The molecule has 1 aromatic rings. The molecule has 0 amide bonds. The Balaban J connectivity index is 1.76. The number of hydrogen-bond donors (Lipinski definition) is 1. The first-order valence-corrected chi connectivity index (χ1v) is 7.69. The molecule has 2 aliphatic rings. The van der Waals surface area contributed by atoms with Crippen LogP contribution < -0.4 is 10.6 Å². The predicted octanol–water partition coefficient (Wildman–Crippen LogP) is 2.52. The number of anilines is 1. The molecule has 0 saturated carbocycles. The maximum atomic E-state index is 14.3. The van der Waals surface area contributed by atoms with E-state index in [-0.39, 0.29) is 11.9 Å². The number of piperidine rings is 1. The molecule has 1 unspecified atom stereocenters. The minimum Gasteiger partial charge on any atom is -0.366 e. The Morgan fingerprint density at radius 2 is 2.10 bits per heavy atom. The predicted molar refractivity (Wildman–Crippen MR) is 80.4 cm³/mol. The Labute approximate surface area is 120 Å². The third-order valence-electron chi connectivity index (χ3n) is 4.68. The van der Waals surface area contributed by atoms with E-state index in [1.54, 1.807) is 6.07 Å². The quantitative estimate of drug-likeness (QED) is 0.901. The lowest BCUT2D eigenvalue weighted by Gasteiger charge is -2.45. The van der Waals surface area contributed by atoms with E-state index in [4.69, 9.17) is 5.73 Å². The van der Waals surface area contributed by atoms with Crippen molar-refractivity contribution in [3.05, 3.63) is 29.6 Å². The zero-order valence-electron chi connectivity index (χ0n) is 12.2. The summed E-state index contributed by atoms with van der Waals surface area (Å²) in [5.41, 5.74) is 7.41. The fourth-order valence-corrected chi connectivity index (χ4v) is 3.44. The van der Waals surface area contributed by atoms with Gasteiger partial charge in [-0.1, -0.05) is 12.5 Å². The second kappa shape index (κ2) is 5.70. The largest absolute Gasteiger partial charge is 0.366 e. The average Bonchev–Trinajstić information content (AvgIpc) is 2.46. The maximum Gasteiger partial charge on any atom is 0.146 e. The van der Waals surface area contributed by atoms with Gasteiger partial charge in [0.15, 0.2) is 0 Å². The van der Waals surface area contributed by atoms with Crippen molar-refractivity contribution in [1.29, 1.82) is 0 Å². The van der Waals surface area contributed by atoms with Crippen LogP contribution in [0.5, 0.6) is 0 Å². The summed E-state index contributed by atoms with van der Waals surface area (Å²) in [5.74, 6) is -0.135. The Hall–Kier alpha value is -1.13. The molecule has 20 heavy (non-hydrogen) atoms. The van der Waals surface area contributed by atoms with Gasteiger partial charge >= 0.3 is 0 Å². The van der Waals surface area contributed by atoms with Crippen molar-refractivity contribution < 1.29 is 4.39 Å². The first-order chi connectivity index (χ1) is 9.65. The Morgan fingerprint density at radius 1 is 1.25 bits per heavy atom. The van der Waals surface area contributed by atoms with Crippen LogP contribution in [0.2, 0.25) is 0 Å². The highest BCUT2D eigenvalue weighted by atomic mass is 19.1. The smallest absolute Gasteiger partial charge is 0.146 e. The first kappa shape index (κ1) is 13.8. The molecule has 2 atom stereocenters. The minimum absolute atomic E-state index is 0.117. The summed E-state index contributed by atoms with van der Waals surface area (Å²) < 4.78 is 14.3. The van der Waals surface area contributed by atoms with E-state index in [0.29, 0.717) is 6.04 Å². The van der Waals surface area contributed by atoms with Gasteiger partial charge in [-0.2, -0.15) is 0 Å². The van der Waals surface area contributed by atoms with Crippen LogP contribution in [0.3, 0.4) is 0 Å². The number of benzene rings is 1. The number of piperazine rings is 1. The molecular weight excluding hydrogens is 253 g/mol. The number of nitrogens with zero attached hydrogens (tertiary/aromatic N) is 2. The second-order valence-corrected chi connectivity index (χ2v) is 6.13. The van der Waals surface area contributed by atoms with Gasteiger partial charge in [-0.3, -0.25) is 4.90 Å². The van der Waals surface area contributed by atoms with Crippen LogP contribution in [0, 0.1) is 5.82 Å². The number of hydrogen-bond acceptors (Lipinski definition) is 3. The zero-order valence-corrected chi connectivity index (χ0v) is 12.2. The summed E-state index contributed by atoms with van der Waals surface area (Å²) in [7, 11) is 0. The van der Waals surface area contributed by atoms with E-state index in [2.05, 4.69) is 9.80 Å². The maximum absolute atomic E-state index is 14.3. The van der Waals surface area contributed by atoms with Crippen LogP contribution in [0.25, 0.3) is 0 Å². The SMILES string of the molecule is C[C@@H](N)c1ccc(N2CCN3CCCCC3C2)c(F)c1. The van der Waals surface area contributed by atoms with Gasteiger partial charge in [0, 0.05) is 31.7 Å². The van der Waals surface area contributed by atoms with Crippen molar-refractivity contribution in [3.8, 4) is 0 Å².